The molecule has 0 aliphatic rings. The molecule has 2 aromatic rings. The molecule has 0 aliphatic carbocycles. The third kappa shape index (κ3) is 3.05. The highest BCUT2D eigenvalue weighted by Gasteiger charge is 2.05. The van der Waals surface area contributed by atoms with E-state index in [4.69, 9.17) is 23.2 Å². The molecule has 1 aromatic carbocycles. The molecule has 0 aliphatic heterocycles. The summed E-state index contributed by atoms with van der Waals surface area (Å²) in [6.07, 6.45) is 1.64. The smallest absolute Gasteiger partial charge is 0.128 e. The lowest BCUT2D eigenvalue weighted by Crippen LogP contribution is -2.06. The van der Waals surface area contributed by atoms with Gasteiger partial charge in [-0.2, -0.15) is 0 Å². The molecule has 0 amide bonds. The number of nitrogens with one attached hydrogen (secondary N) is 1. The Morgan fingerprint density at radius 1 is 1.41 bits per heavy atom. The molecule has 0 saturated carbocycles. The van der Waals surface area contributed by atoms with Crippen molar-refractivity contribution in [3.8, 4) is 0 Å². The van der Waals surface area contributed by atoms with E-state index in [9.17, 15) is 0 Å². The number of anilines is 1. The maximum absolute atomic E-state index is 5.92. The molecule has 0 spiro atoms. The molecule has 0 atom stereocenters. The van der Waals surface area contributed by atoms with Crippen LogP contribution < -0.4 is 5.32 Å². The lowest BCUT2D eigenvalue weighted by molar-refractivity contribution is 0.813. The number of rotatable bonds is 3. The fraction of sp³-hybridized carbons (Fsp3) is 0.182. The highest BCUT2D eigenvalue weighted by molar-refractivity contribution is 14.1. The molecular formula is C11H10Cl2IN3. The lowest BCUT2D eigenvalue weighted by Gasteiger charge is -2.09. The number of hydrogen-bond donors (Lipinski definition) is 1. The Bertz CT molecular complexity index is 540. The van der Waals surface area contributed by atoms with Crippen LogP contribution in [0.5, 0.6) is 0 Å². The molecule has 6 heteroatoms. The van der Waals surface area contributed by atoms with Gasteiger partial charge in [0.1, 0.15) is 11.0 Å². The third-order valence-corrected chi connectivity index (χ3v) is 3.87. The van der Waals surface area contributed by atoms with Crippen LogP contribution in [0.4, 0.5) is 5.69 Å². The first-order valence-electron chi connectivity index (χ1n) is 4.93. The highest BCUT2D eigenvalue weighted by atomic mass is 127. The summed E-state index contributed by atoms with van der Waals surface area (Å²) < 4.78 is 2.92. The van der Waals surface area contributed by atoms with Crippen LogP contribution in [-0.4, -0.2) is 9.55 Å². The van der Waals surface area contributed by atoms with Crippen LogP contribution >= 0.6 is 45.8 Å². The van der Waals surface area contributed by atoms with Crippen molar-refractivity contribution in [1.29, 1.82) is 0 Å². The molecule has 1 aromatic heterocycles. The minimum absolute atomic E-state index is 0.626. The minimum atomic E-state index is 0.626. The predicted molar refractivity (Wildman–Crippen MR) is 79.7 cm³/mol. The monoisotopic (exact) mass is 381 g/mol. The Labute approximate surface area is 123 Å². The number of aromatic nitrogens is 2. The van der Waals surface area contributed by atoms with Crippen molar-refractivity contribution in [1.82, 2.24) is 9.55 Å². The molecule has 0 bridgehead atoms. The molecule has 0 saturated heterocycles. The van der Waals surface area contributed by atoms with Gasteiger partial charge in [-0.25, -0.2) is 4.98 Å². The summed E-state index contributed by atoms with van der Waals surface area (Å²) in [4.78, 5) is 4.22. The Morgan fingerprint density at radius 2 is 2.18 bits per heavy atom. The Morgan fingerprint density at radius 3 is 2.76 bits per heavy atom. The molecule has 0 radical (unpaired) electrons. The van der Waals surface area contributed by atoms with Crippen LogP contribution in [0.25, 0.3) is 0 Å². The zero-order valence-electron chi connectivity index (χ0n) is 9.04. The maximum atomic E-state index is 5.92. The van der Waals surface area contributed by atoms with E-state index in [1.165, 1.54) is 0 Å². The second kappa shape index (κ2) is 5.46. The van der Waals surface area contributed by atoms with Gasteiger partial charge in [-0.15, -0.1) is 0 Å². The van der Waals surface area contributed by atoms with Crippen molar-refractivity contribution >= 4 is 51.5 Å². The van der Waals surface area contributed by atoms with Crippen molar-refractivity contribution in [2.75, 3.05) is 5.32 Å². The molecule has 1 heterocycles. The minimum Gasteiger partial charge on any atom is -0.377 e. The normalized spacial score (nSPS) is 10.6. The number of halogens is 3. The van der Waals surface area contributed by atoms with Crippen LogP contribution in [0.1, 0.15) is 5.82 Å². The molecule has 2 rings (SSSR count). The van der Waals surface area contributed by atoms with Crippen molar-refractivity contribution in [2.45, 2.75) is 6.54 Å². The topological polar surface area (TPSA) is 29.9 Å². The average molecular weight is 382 g/mol. The number of nitrogens with zero attached hydrogens (tertiary/aromatic N) is 2. The van der Waals surface area contributed by atoms with Gasteiger partial charge in [0.2, 0.25) is 0 Å². The highest BCUT2D eigenvalue weighted by Crippen LogP contribution is 2.22. The summed E-state index contributed by atoms with van der Waals surface area (Å²) in [6, 6.07) is 5.72. The lowest BCUT2D eigenvalue weighted by atomic mass is 10.3. The van der Waals surface area contributed by atoms with Crippen molar-refractivity contribution in [3.05, 3.63) is 44.0 Å². The number of imidazole rings is 1. The van der Waals surface area contributed by atoms with Crippen LogP contribution in [0.3, 0.4) is 0 Å². The van der Waals surface area contributed by atoms with E-state index in [1.54, 1.807) is 6.20 Å². The van der Waals surface area contributed by atoms with Gasteiger partial charge in [0.25, 0.3) is 0 Å². The first-order valence-corrected chi connectivity index (χ1v) is 6.76. The molecule has 17 heavy (non-hydrogen) atoms. The van der Waals surface area contributed by atoms with E-state index < -0.39 is 0 Å². The predicted octanol–water partition coefficient (Wildman–Crippen LogP) is 3.94. The summed E-state index contributed by atoms with van der Waals surface area (Å²) in [7, 11) is 1.89. The quantitative estimate of drug-likeness (QED) is 0.816. The molecule has 0 fully saturated rings. The van der Waals surface area contributed by atoms with Gasteiger partial charge in [0, 0.05) is 21.3 Å². The Hall–Kier alpha value is -0.460. The van der Waals surface area contributed by atoms with Crippen molar-refractivity contribution in [3.63, 3.8) is 0 Å². The molecular weight excluding hydrogens is 372 g/mol. The van der Waals surface area contributed by atoms with Gasteiger partial charge < -0.3 is 9.88 Å². The van der Waals surface area contributed by atoms with E-state index in [1.807, 2.05) is 29.8 Å². The second-order valence-electron chi connectivity index (χ2n) is 3.53. The first kappa shape index (κ1) is 13.0. The van der Waals surface area contributed by atoms with Crippen molar-refractivity contribution < 1.29 is 0 Å². The third-order valence-electron chi connectivity index (χ3n) is 2.40. The van der Waals surface area contributed by atoms with E-state index in [0.29, 0.717) is 11.7 Å². The van der Waals surface area contributed by atoms with E-state index in [-0.39, 0.29) is 0 Å². The van der Waals surface area contributed by atoms with E-state index >= 15 is 0 Å². The number of hydrogen-bond acceptors (Lipinski definition) is 2. The summed E-state index contributed by atoms with van der Waals surface area (Å²) in [5.41, 5.74) is 1.04. The average Bonchev–Trinajstić information content (AvgIpc) is 2.59. The van der Waals surface area contributed by atoms with Crippen LogP contribution in [0, 0.1) is 3.57 Å². The van der Waals surface area contributed by atoms with Gasteiger partial charge in [0.15, 0.2) is 0 Å². The van der Waals surface area contributed by atoms with Gasteiger partial charge in [-0.05, 0) is 40.8 Å². The van der Waals surface area contributed by atoms with Gasteiger partial charge in [-0.3, -0.25) is 0 Å². The largest absolute Gasteiger partial charge is 0.377 e. The molecule has 90 valence electrons. The van der Waals surface area contributed by atoms with Crippen molar-refractivity contribution in [2.24, 2.45) is 7.05 Å². The number of benzene rings is 1. The van der Waals surface area contributed by atoms with Gasteiger partial charge in [-0.1, -0.05) is 23.2 Å². The van der Waals surface area contributed by atoms with E-state index in [2.05, 4.69) is 32.9 Å². The summed E-state index contributed by atoms with van der Waals surface area (Å²) in [5.74, 6) is 0.890. The summed E-state index contributed by atoms with van der Waals surface area (Å²) >= 11 is 14.1. The Kier molecular flexibility index (Phi) is 4.17. The Balaban J connectivity index is 2.10. The van der Waals surface area contributed by atoms with Crippen LogP contribution in [-0.2, 0) is 13.6 Å². The standard InChI is InChI=1S/C11H10Cl2IN3/c1-17-10(13)5-16-11(17)6-15-9-3-2-7(12)4-8(9)14/h2-5,15H,6H2,1H3. The molecule has 1 N–H and O–H groups in total. The zero-order valence-corrected chi connectivity index (χ0v) is 12.7. The SMILES string of the molecule is Cn1c(Cl)cnc1CNc1ccc(Cl)cc1I. The van der Waals surface area contributed by atoms with E-state index in [0.717, 1.165) is 20.1 Å². The zero-order chi connectivity index (χ0) is 12.4. The fourth-order valence-corrected chi connectivity index (χ4v) is 2.60. The molecule has 3 nitrogen and oxygen atoms in total. The second-order valence-corrected chi connectivity index (χ2v) is 5.52. The summed E-state index contributed by atoms with van der Waals surface area (Å²) in [5, 5.41) is 4.67. The molecule has 0 unspecified atom stereocenters. The maximum Gasteiger partial charge on any atom is 0.128 e. The first-order chi connectivity index (χ1) is 8.08. The van der Waals surface area contributed by atoms with Crippen LogP contribution in [0.15, 0.2) is 24.4 Å². The van der Waals surface area contributed by atoms with Gasteiger partial charge >= 0.3 is 0 Å². The van der Waals surface area contributed by atoms with Gasteiger partial charge in [0.05, 0.1) is 12.7 Å². The van der Waals surface area contributed by atoms with Crippen LogP contribution in [0.2, 0.25) is 10.2 Å². The summed E-state index contributed by atoms with van der Waals surface area (Å²) in [6.45, 7) is 0.626. The fourth-order valence-electron chi connectivity index (χ4n) is 1.40.